The summed E-state index contributed by atoms with van der Waals surface area (Å²) in [5, 5.41) is 0. The van der Waals surface area contributed by atoms with Crippen LogP contribution in [0, 0.1) is 6.57 Å². The number of hydrogen-bond donors (Lipinski definition) is 0. The van der Waals surface area contributed by atoms with Crippen LogP contribution in [0.1, 0.15) is 5.56 Å². The summed E-state index contributed by atoms with van der Waals surface area (Å²) in [6.07, 6.45) is 2.85. The Hall–Kier alpha value is -1.60. The van der Waals surface area contributed by atoms with Gasteiger partial charge in [-0.05, 0) is 5.56 Å². The van der Waals surface area contributed by atoms with Crippen molar-refractivity contribution in [3.05, 3.63) is 45.7 Å². The average molecular weight is 266 g/mol. The van der Waals surface area contributed by atoms with Crippen molar-refractivity contribution in [2.24, 2.45) is 0 Å². The van der Waals surface area contributed by atoms with Crippen LogP contribution in [0.3, 0.4) is 0 Å². The first kappa shape index (κ1) is 11.5. The van der Waals surface area contributed by atoms with E-state index < -0.39 is 5.97 Å². The minimum absolute atomic E-state index is 0.439. The lowest BCUT2D eigenvalue weighted by Gasteiger charge is -1.98. The van der Waals surface area contributed by atoms with E-state index in [1.807, 2.05) is 0 Å². The lowest BCUT2D eigenvalue weighted by atomic mass is 10.1. The van der Waals surface area contributed by atoms with Crippen LogP contribution < -0.4 is 0 Å². The summed E-state index contributed by atoms with van der Waals surface area (Å²) in [7, 11) is 1.31. The maximum absolute atomic E-state index is 10.9. The van der Waals surface area contributed by atoms with E-state index in [4.69, 9.17) is 6.57 Å². The topological polar surface area (TPSA) is 30.7 Å². The van der Waals surface area contributed by atoms with E-state index >= 15 is 0 Å². The van der Waals surface area contributed by atoms with Gasteiger partial charge in [-0.3, -0.25) is 0 Å². The van der Waals surface area contributed by atoms with Crippen molar-refractivity contribution in [2.45, 2.75) is 0 Å². The van der Waals surface area contributed by atoms with Gasteiger partial charge in [-0.2, -0.15) is 0 Å². The molecule has 0 radical (unpaired) electrons. The smallest absolute Gasteiger partial charge is 0.330 e. The highest BCUT2D eigenvalue weighted by atomic mass is 79.9. The number of esters is 1. The zero-order chi connectivity index (χ0) is 11.3. The molecule has 0 saturated carbocycles. The third-order valence-corrected chi connectivity index (χ3v) is 2.20. The number of halogens is 1. The molecule has 0 aliphatic rings. The predicted molar refractivity (Wildman–Crippen MR) is 61.5 cm³/mol. The molecular formula is C11H8BrNO2. The molecule has 0 atom stereocenters. The summed E-state index contributed by atoms with van der Waals surface area (Å²) in [6, 6.07) is 5.24. The Morgan fingerprint density at radius 3 is 2.93 bits per heavy atom. The number of nitrogens with zero attached hydrogens (tertiary/aromatic N) is 1. The quantitative estimate of drug-likeness (QED) is 0.467. The minimum Gasteiger partial charge on any atom is -0.466 e. The van der Waals surface area contributed by atoms with Gasteiger partial charge < -0.3 is 4.74 Å². The van der Waals surface area contributed by atoms with Gasteiger partial charge in [-0.1, -0.05) is 40.2 Å². The molecule has 0 spiro atoms. The van der Waals surface area contributed by atoms with Crippen LogP contribution in [0.25, 0.3) is 10.9 Å². The van der Waals surface area contributed by atoms with Gasteiger partial charge in [0.2, 0.25) is 0 Å². The Bertz CT molecular complexity index is 446. The number of benzene rings is 1. The Balaban J connectivity index is 3.03. The molecule has 0 saturated heterocycles. The van der Waals surface area contributed by atoms with Crippen molar-refractivity contribution in [2.75, 3.05) is 7.11 Å². The fourth-order valence-electron chi connectivity index (χ4n) is 0.987. The molecular weight excluding hydrogens is 258 g/mol. The molecule has 3 nitrogen and oxygen atoms in total. The van der Waals surface area contributed by atoms with Crippen LogP contribution in [0.2, 0.25) is 0 Å². The highest BCUT2D eigenvalue weighted by Gasteiger charge is 2.00. The molecule has 1 aromatic carbocycles. The molecule has 0 aromatic heterocycles. The van der Waals surface area contributed by atoms with Gasteiger partial charge in [-0.25, -0.2) is 9.64 Å². The Morgan fingerprint density at radius 2 is 2.33 bits per heavy atom. The van der Waals surface area contributed by atoms with Crippen molar-refractivity contribution in [1.82, 2.24) is 0 Å². The Kier molecular flexibility index (Phi) is 4.07. The first-order chi connectivity index (χ1) is 7.17. The molecule has 0 N–H and O–H groups in total. The molecule has 0 amide bonds. The molecule has 1 aromatic rings. The Morgan fingerprint density at radius 1 is 1.60 bits per heavy atom. The summed E-state index contributed by atoms with van der Waals surface area (Å²) in [4.78, 5) is 14.2. The van der Waals surface area contributed by atoms with Gasteiger partial charge in [0.05, 0.1) is 13.7 Å². The van der Waals surface area contributed by atoms with Crippen LogP contribution in [-0.4, -0.2) is 13.1 Å². The second kappa shape index (κ2) is 5.32. The number of ether oxygens (including phenoxy) is 1. The number of rotatable bonds is 2. The van der Waals surface area contributed by atoms with Crippen molar-refractivity contribution in [3.63, 3.8) is 0 Å². The fraction of sp³-hybridized carbons (Fsp3) is 0.0909. The summed E-state index contributed by atoms with van der Waals surface area (Å²) >= 11 is 3.30. The number of carbonyl (C=O) groups is 1. The summed E-state index contributed by atoms with van der Waals surface area (Å²) in [5.74, 6) is -0.439. The maximum Gasteiger partial charge on any atom is 0.330 e. The van der Waals surface area contributed by atoms with Gasteiger partial charge in [0.1, 0.15) is 0 Å². The SMILES string of the molecule is [C-]#[N+]c1ccc(Br)cc1/C=C/C(=O)OC. The van der Waals surface area contributed by atoms with E-state index in [-0.39, 0.29) is 0 Å². The summed E-state index contributed by atoms with van der Waals surface area (Å²) < 4.78 is 5.32. The Labute approximate surface area is 96.3 Å². The van der Waals surface area contributed by atoms with Crippen LogP contribution in [0.5, 0.6) is 0 Å². The largest absolute Gasteiger partial charge is 0.466 e. The standard InChI is InChI=1S/C11H8BrNO2/c1-13-10-5-4-9(12)7-8(10)3-6-11(14)15-2/h3-7H,2H3/b6-3+. The zero-order valence-corrected chi connectivity index (χ0v) is 9.61. The van der Waals surface area contributed by atoms with E-state index in [0.717, 1.165) is 4.47 Å². The molecule has 0 unspecified atom stereocenters. The van der Waals surface area contributed by atoms with Gasteiger partial charge in [0.25, 0.3) is 0 Å². The van der Waals surface area contributed by atoms with Crippen molar-refractivity contribution < 1.29 is 9.53 Å². The molecule has 4 heteroatoms. The highest BCUT2D eigenvalue weighted by Crippen LogP contribution is 2.24. The van der Waals surface area contributed by atoms with Gasteiger partial charge in [0.15, 0.2) is 5.69 Å². The first-order valence-corrected chi connectivity index (χ1v) is 4.89. The van der Waals surface area contributed by atoms with E-state index in [2.05, 4.69) is 25.5 Å². The van der Waals surface area contributed by atoms with E-state index in [9.17, 15) is 4.79 Å². The fourth-order valence-corrected chi connectivity index (χ4v) is 1.37. The van der Waals surface area contributed by atoms with E-state index in [1.54, 1.807) is 24.3 Å². The molecule has 0 aliphatic carbocycles. The second-order valence-corrected chi connectivity index (χ2v) is 3.59. The number of methoxy groups -OCH3 is 1. The molecule has 76 valence electrons. The molecule has 15 heavy (non-hydrogen) atoms. The van der Waals surface area contributed by atoms with Gasteiger partial charge in [0, 0.05) is 10.5 Å². The average Bonchev–Trinajstić information content (AvgIpc) is 2.26. The third kappa shape index (κ3) is 3.22. The second-order valence-electron chi connectivity index (χ2n) is 2.67. The third-order valence-electron chi connectivity index (χ3n) is 1.71. The molecule has 1 rings (SSSR count). The van der Waals surface area contributed by atoms with Crippen molar-refractivity contribution >= 4 is 33.7 Å². The van der Waals surface area contributed by atoms with Crippen LogP contribution in [-0.2, 0) is 9.53 Å². The summed E-state index contributed by atoms with van der Waals surface area (Å²) in [5.41, 5.74) is 1.18. The first-order valence-electron chi connectivity index (χ1n) is 4.10. The lowest BCUT2D eigenvalue weighted by Crippen LogP contribution is -1.93. The van der Waals surface area contributed by atoms with Crippen LogP contribution in [0.4, 0.5) is 5.69 Å². The minimum atomic E-state index is -0.439. The number of hydrogen-bond acceptors (Lipinski definition) is 2. The molecule has 0 heterocycles. The van der Waals surface area contributed by atoms with Crippen LogP contribution >= 0.6 is 15.9 Å². The predicted octanol–water partition coefficient (Wildman–Crippen LogP) is 3.19. The van der Waals surface area contributed by atoms with Crippen molar-refractivity contribution in [1.29, 1.82) is 0 Å². The molecule has 0 bridgehead atoms. The monoisotopic (exact) mass is 265 g/mol. The van der Waals surface area contributed by atoms with Crippen LogP contribution in [0.15, 0.2) is 28.7 Å². The van der Waals surface area contributed by atoms with Gasteiger partial charge in [-0.15, -0.1) is 0 Å². The van der Waals surface area contributed by atoms with E-state index in [1.165, 1.54) is 13.2 Å². The van der Waals surface area contributed by atoms with Gasteiger partial charge >= 0.3 is 5.97 Å². The highest BCUT2D eigenvalue weighted by molar-refractivity contribution is 9.10. The molecule has 0 fully saturated rings. The maximum atomic E-state index is 10.9. The summed E-state index contributed by atoms with van der Waals surface area (Å²) in [6.45, 7) is 6.95. The van der Waals surface area contributed by atoms with E-state index in [0.29, 0.717) is 11.3 Å². The molecule has 0 aliphatic heterocycles. The lowest BCUT2D eigenvalue weighted by molar-refractivity contribution is -0.134. The normalized spacial score (nSPS) is 9.93. The zero-order valence-electron chi connectivity index (χ0n) is 8.03. The van der Waals surface area contributed by atoms with Crippen molar-refractivity contribution in [3.8, 4) is 0 Å². The number of carbonyl (C=O) groups excluding carboxylic acids is 1.